The van der Waals surface area contributed by atoms with Gasteiger partial charge in [-0.1, -0.05) is 18.2 Å². The Bertz CT molecular complexity index is 934. The molecule has 0 aromatic heterocycles. The van der Waals surface area contributed by atoms with Crippen LogP contribution < -0.4 is 15.4 Å². The molecule has 2 rings (SSSR count). The minimum absolute atomic E-state index is 0.00242. The fraction of sp³-hybridized carbons (Fsp3) is 0.250. The van der Waals surface area contributed by atoms with E-state index < -0.39 is 65.7 Å². The van der Waals surface area contributed by atoms with Crippen LogP contribution in [0, 0.1) is 29.2 Å². The summed E-state index contributed by atoms with van der Waals surface area (Å²) >= 11 is 5.74. The van der Waals surface area contributed by atoms with Crippen molar-refractivity contribution < 1.29 is 36.7 Å². The van der Waals surface area contributed by atoms with Crippen LogP contribution in [-0.4, -0.2) is 43.2 Å². The SMILES string of the molecule is O=C(CNC(=O)C(CCl)CNC(=O)c1ccccc1)COc1c(F)c(F)cc(F)c1F. The van der Waals surface area contributed by atoms with Gasteiger partial charge in [-0.2, -0.15) is 8.78 Å². The lowest BCUT2D eigenvalue weighted by Crippen LogP contribution is -2.42. The molecule has 0 spiro atoms. The summed E-state index contributed by atoms with van der Waals surface area (Å²) < 4.78 is 57.7. The summed E-state index contributed by atoms with van der Waals surface area (Å²) in [6.07, 6.45) is 0. The number of alkyl halides is 1. The van der Waals surface area contributed by atoms with Crippen LogP contribution in [0.25, 0.3) is 0 Å². The maximum Gasteiger partial charge on any atom is 0.251 e. The summed E-state index contributed by atoms with van der Waals surface area (Å²) in [5.74, 6) is -11.3. The van der Waals surface area contributed by atoms with Gasteiger partial charge in [-0.15, -0.1) is 11.6 Å². The van der Waals surface area contributed by atoms with Crippen molar-refractivity contribution in [2.75, 3.05) is 25.6 Å². The standard InChI is InChI=1S/C20H17ClF4N2O4/c21-7-12(8-26-19(29)11-4-2-1-3-5-11)20(30)27-9-13(28)10-31-18-16(24)14(22)6-15(23)17(18)25/h1-6,12H,7-10H2,(H,26,29)(H,27,30). The second kappa shape index (κ2) is 11.3. The molecule has 1 atom stereocenters. The first-order valence-corrected chi connectivity index (χ1v) is 9.42. The number of benzene rings is 2. The fourth-order valence-corrected chi connectivity index (χ4v) is 2.59. The van der Waals surface area contributed by atoms with Crippen molar-refractivity contribution in [1.82, 2.24) is 10.6 Å². The largest absolute Gasteiger partial charge is 0.479 e. The molecule has 2 aromatic carbocycles. The molecule has 2 aromatic rings. The van der Waals surface area contributed by atoms with Gasteiger partial charge in [0, 0.05) is 24.1 Å². The maximum absolute atomic E-state index is 13.5. The van der Waals surface area contributed by atoms with E-state index in [0.717, 1.165) is 0 Å². The number of nitrogens with one attached hydrogen (secondary N) is 2. The predicted octanol–water partition coefficient (Wildman–Crippen LogP) is 2.59. The van der Waals surface area contributed by atoms with Gasteiger partial charge in [-0.05, 0) is 12.1 Å². The fourth-order valence-electron chi connectivity index (χ4n) is 2.34. The number of carbonyl (C=O) groups excluding carboxylic acids is 3. The number of hydrogen-bond acceptors (Lipinski definition) is 4. The number of amides is 2. The van der Waals surface area contributed by atoms with Crippen molar-refractivity contribution in [2.24, 2.45) is 5.92 Å². The molecule has 0 radical (unpaired) electrons. The molecule has 0 heterocycles. The smallest absolute Gasteiger partial charge is 0.251 e. The number of rotatable bonds is 10. The molecule has 1 unspecified atom stereocenters. The van der Waals surface area contributed by atoms with Crippen molar-refractivity contribution in [3.63, 3.8) is 0 Å². The molecule has 0 fully saturated rings. The Morgan fingerprint density at radius 2 is 1.58 bits per heavy atom. The zero-order valence-electron chi connectivity index (χ0n) is 15.9. The van der Waals surface area contributed by atoms with Gasteiger partial charge >= 0.3 is 0 Å². The molecular weight excluding hydrogens is 444 g/mol. The summed E-state index contributed by atoms with van der Waals surface area (Å²) in [4.78, 5) is 35.9. The third kappa shape index (κ3) is 6.68. The van der Waals surface area contributed by atoms with Gasteiger partial charge in [-0.25, -0.2) is 8.78 Å². The zero-order valence-corrected chi connectivity index (χ0v) is 16.6. The minimum atomic E-state index is -1.79. The van der Waals surface area contributed by atoms with Crippen LogP contribution in [0.3, 0.4) is 0 Å². The van der Waals surface area contributed by atoms with E-state index in [1.165, 1.54) is 0 Å². The van der Waals surface area contributed by atoms with Gasteiger partial charge in [0.2, 0.25) is 17.5 Å². The van der Waals surface area contributed by atoms with Crippen LogP contribution >= 0.6 is 11.6 Å². The molecule has 2 amide bonds. The van der Waals surface area contributed by atoms with E-state index in [0.29, 0.717) is 5.56 Å². The van der Waals surface area contributed by atoms with E-state index >= 15 is 0 Å². The molecule has 166 valence electrons. The van der Waals surface area contributed by atoms with Crippen LogP contribution in [0.1, 0.15) is 10.4 Å². The quantitative estimate of drug-likeness (QED) is 0.324. The Labute approximate surface area is 179 Å². The number of halogens is 5. The number of hydrogen-bond donors (Lipinski definition) is 2. The van der Waals surface area contributed by atoms with E-state index in [4.69, 9.17) is 11.6 Å². The van der Waals surface area contributed by atoms with Crippen molar-refractivity contribution in [1.29, 1.82) is 0 Å². The summed E-state index contributed by atoms with van der Waals surface area (Å²) in [6, 6.07) is 8.25. The van der Waals surface area contributed by atoms with Crippen LogP contribution in [-0.2, 0) is 9.59 Å². The van der Waals surface area contributed by atoms with Crippen molar-refractivity contribution >= 4 is 29.2 Å². The summed E-state index contributed by atoms with van der Waals surface area (Å²) in [7, 11) is 0. The Kier molecular flexibility index (Phi) is 8.80. The third-order valence-corrected chi connectivity index (χ3v) is 4.38. The van der Waals surface area contributed by atoms with Crippen molar-refractivity contribution in [3.8, 4) is 5.75 Å². The topological polar surface area (TPSA) is 84.5 Å². The van der Waals surface area contributed by atoms with E-state index in [-0.39, 0.29) is 18.5 Å². The zero-order chi connectivity index (χ0) is 23.0. The molecule has 6 nitrogen and oxygen atoms in total. The van der Waals surface area contributed by atoms with E-state index in [1.807, 2.05) is 0 Å². The highest BCUT2D eigenvalue weighted by molar-refractivity contribution is 6.19. The summed E-state index contributed by atoms with van der Waals surface area (Å²) in [5.41, 5.74) is 0.386. The molecular formula is C20H17ClF4N2O4. The molecule has 0 saturated carbocycles. The number of carbonyl (C=O) groups is 3. The van der Waals surface area contributed by atoms with Gasteiger partial charge in [0.25, 0.3) is 5.91 Å². The first kappa shape index (κ1) is 24.1. The molecule has 31 heavy (non-hydrogen) atoms. The Balaban J connectivity index is 1.82. The van der Waals surface area contributed by atoms with Gasteiger partial charge in [0.05, 0.1) is 12.5 Å². The lowest BCUT2D eigenvalue weighted by atomic mass is 10.1. The molecule has 11 heteroatoms. The van der Waals surface area contributed by atoms with E-state index in [9.17, 15) is 31.9 Å². The lowest BCUT2D eigenvalue weighted by molar-refractivity contribution is -0.128. The van der Waals surface area contributed by atoms with Gasteiger partial charge in [0.15, 0.2) is 23.2 Å². The maximum atomic E-state index is 13.5. The highest BCUT2D eigenvalue weighted by Crippen LogP contribution is 2.26. The second-order valence-electron chi connectivity index (χ2n) is 6.27. The Morgan fingerprint density at radius 3 is 2.16 bits per heavy atom. The molecule has 0 aliphatic rings. The van der Waals surface area contributed by atoms with E-state index in [1.54, 1.807) is 30.3 Å². The van der Waals surface area contributed by atoms with Crippen LogP contribution in [0.15, 0.2) is 36.4 Å². The molecule has 0 aliphatic carbocycles. The minimum Gasteiger partial charge on any atom is -0.479 e. The van der Waals surface area contributed by atoms with Gasteiger partial charge in [-0.3, -0.25) is 14.4 Å². The lowest BCUT2D eigenvalue weighted by Gasteiger charge is -2.15. The average Bonchev–Trinajstić information content (AvgIpc) is 2.77. The monoisotopic (exact) mass is 460 g/mol. The number of ketones is 1. The van der Waals surface area contributed by atoms with Crippen LogP contribution in [0.2, 0.25) is 0 Å². The predicted molar refractivity (Wildman–Crippen MR) is 103 cm³/mol. The first-order valence-electron chi connectivity index (χ1n) is 8.89. The van der Waals surface area contributed by atoms with Crippen molar-refractivity contribution in [3.05, 3.63) is 65.2 Å². The molecule has 0 aliphatic heterocycles. The summed E-state index contributed by atoms with van der Waals surface area (Å²) in [5, 5.41) is 4.79. The Hall–Kier alpha value is -3.14. The molecule has 0 bridgehead atoms. The van der Waals surface area contributed by atoms with Gasteiger partial charge in [0.1, 0.15) is 6.61 Å². The highest BCUT2D eigenvalue weighted by atomic mass is 35.5. The highest BCUT2D eigenvalue weighted by Gasteiger charge is 2.22. The first-order chi connectivity index (χ1) is 14.7. The number of ether oxygens (including phenoxy) is 1. The molecule has 2 N–H and O–H groups in total. The third-order valence-electron chi connectivity index (χ3n) is 4.01. The van der Waals surface area contributed by atoms with Crippen LogP contribution in [0.4, 0.5) is 17.6 Å². The van der Waals surface area contributed by atoms with Gasteiger partial charge < -0.3 is 15.4 Å². The van der Waals surface area contributed by atoms with Crippen LogP contribution in [0.5, 0.6) is 5.75 Å². The average molecular weight is 461 g/mol. The second-order valence-corrected chi connectivity index (χ2v) is 6.58. The normalized spacial score (nSPS) is 11.5. The molecule has 0 saturated heterocycles. The Morgan fingerprint density at radius 1 is 0.968 bits per heavy atom. The number of Topliss-reactive ketones (excluding diaryl/α,β-unsaturated/α-hetero) is 1. The summed E-state index contributed by atoms with van der Waals surface area (Å²) in [6.45, 7) is -1.65. The van der Waals surface area contributed by atoms with Crippen molar-refractivity contribution in [2.45, 2.75) is 0 Å². The van der Waals surface area contributed by atoms with E-state index in [2.05, 4.69) is 15.4 Å².